The maximum absolute atomic E-state index is 11.4. The van der Waals surface area contributed by atoms with Gasteiger partial charge in [-0.05, 0) is 19.9 Å². The number of rotatable bonds is 3. The zero-order chi connectivity index (χ0) is 10.6. The number of halogens is 1. The molecule has 0 amide bonds. The molecule has 15 heavy (non-hydrogen) atoms. The fourth-order valence-electron chi connectivity index (χ4n) is 0.927. The van der Waals surface area contributed by atoms with Crippen molar-refractivity contribution in [3.05, 3.63) is 34.8 Å². The van der Waals surface area contributed by atoms with Crippen LogP contribution in [0.15, 0.2) is 23.4 Å². The molecule has 0 spiro atoms. The molecule has 1 aromatic rings. The molecule has 0 saturated heterocycles. The molecule has 4 nitrogen and oxygen atoms in total. The van der Waals surface area contributed by atoms with Gasteiger partial charge >= 0.3 is 0 Å². The van der Waals surface area contributed by atoms with Gasteiger partial charge in [0.1, 0.15) is 12.3 Å². The van der Waals surface area contributed by atoms with Gasteiger partial charge in [-0.3, -0.25) is 0 Å². The van der Waals surface area contributed by atoms with Crippen LogP contribution in [0.3, 0.4) is 0 Å². The van der Waals surface area contributed by atoms with E-state index in [9.17, 15) is 5.21 Å². The zero-order valence-electron chi connectivity index (χ0n) is 9.01. The number of nitrogens with zero attached hydrogens (tertiary/aromatic N) is 2. The Hall–Kier alpha value is -1.29. The summed E-state index contributed by atoms with van der Waals surface area (Å²) < 4.78 is 0.813. The molecule has 1 rings (SSSR count). The monoisotopic (exact) mass is 230 g/mol. The fourth-order valence-corrected chi connectivity index (χ4v) is 0.927. The highest BCUT2D eigenvalue weighted by Gasteiger charge is 2.03. The third-order valence-electron chi connectivity index (χ3n) is 1.62. The molecule has 0 atom stereocenters. The van der Waals surface area contributed by atoms with Crippen molar-refractivity contribution in [3.63, 3.8) is 0 Å². The van der Waals surface area contributed by atoms with Crippen molar-refractivity contribution >= 4 is 18.6 Å². The molecule has 5 heteroatoms. The minimum Gasteiger partial charge on any atom is -0.618 e. The van der Waals surface area contributed by atoms with Gasteiger partial charge in [0.2, 0.25) is 5.69 Å². The Morgan fingerprint density at radius 2 is 2.13 bits per heavy atom. The second kappa shape index (κ2) is 6.24. The average Bonchev–Trinajstić information content (AvgIpc) is 2.12. The average molecular weight is 231 g/mol. The number of hydrogen-bond acceptors (Lipinski definition) is 3. The summed E-state index contributed by atoms with van der Waals surface area (Å²) in [6.45, 7) is 5.49. The Kier molecular flexibility index (Phi) is 5.70. The lowest BCUT2D eigenvalue weighted by atomic mass is 10.3. The van der Waals surface area contributed by atoms with Gasteiger partial charge < -0.3 is 10.0 Å². The fraction of sp³-hybridized carbons (Fsp3) is 0.400. The van der Waals surface area contributed by atoms with Crippen molar-refractivity contribution in [2.45, 2.75) is 26.9 Å². The molecule has 0 unspecified atom stereocenters. The van der Waals surface area contributed by atoms with E-state index in [4.69, 9.17) is 4.84 Å². The van der Waals surface area contributed by atoms with Gasteiger partial charge in [-0.25, -0.2) is 0 Å². The lowest BCUT2D eigenvalue weighted by Gasteiger charge is -2.03. The minimum absolute atomic E-state index is 0. The molecule has 1 heterocycles. The van der Waals surface area contributed by atoms with Crippen LogP contribution in [0.5, 0.6) is 0 Å². The topological polar surface area (TPSA) is 48.5 Å². The Morgan fingerprint density at radius 1 is 1.47 bits per heavy atom. The molecule has 0 radical (unpaired) electrons. The van der Waals surface area contributed by atoms with Crippen LogP contribution < -0.4 is 4.73 Å². The molecule has 0 aliphatic carbocycles. The second-order valence-corrected chi connectivity index (χ2v) is 3.28. The Bertz CT molecular complexity index is 340. The number of aromatic nitrogens is 1. The van der Waals surface area contributed by atoms with Crippen molar-refractivity contribution in [1.29, 1.82) is 0 Å². The van der Waals surface area contributed by atoms with E-state index in [-0.39, 0.29) is 18.5 Å². The van der Waals surface area contributed by atoms with Crippen molar-refractivity contribution in [2.75, 3.05) is 0 Å². The van der Waals surface area contributed by atoms with Crippen LogP contribution in [0.25, 0.3) is 0 Å². The SMILES string of the molecule is Cc1cccc(/C=N/OC(C)C)[n+]1[O-].Cl. The summed E-state index contributed by atoms with van der Waals surface area (Å²) in [7, 11) is 0. The lowest BCUT2D eigenvalue weighted by molar-refractivity contribution is -0.613. The summed E-state index contributed by atoms with van der Waals surface area (Å²) in [5, 5.41) is 15.1. The van der Waals surface area contributed by atoms with Gasteiger partial charge in [0.05, 0.1) is 0 Å². The molecular weight excluding hydrogens is 216 g/mol. The van der Waals surface area contributed by atoms with Crippen LogP contribution in [0.4, 0.5) is 0 Å². The maximum atomic E-state index is 11.4. The van der Waals surface area contributed by atoms with Gasteiger partial charge in [-0.1, -0.05) is 5.16 Å². The molecule has 84 valence electrons. The van der Waals surface area contributed by atoms with E-state index in [1.807, 2.05) is 13.8 Å². The minimum atomic E-state index is 0. The number of hydrogen-bond donors (Lipinski definition) is 0. The first kappa shape index (κ1) is 13.7. The van der Waals surface area contributed by atoms with Crippen LogP contribution in [0.1, 0.15) is 25.2 Å². The van der Waals surface area contributed by atoms with Crippen molar-refractivity contribution in [2.24, 2.45) is 5.16 Å². The van der Waals surface area contributed by atoms with Crippen LogP contribution in [-0.2, 0) is 4.84 Å². The van der Waals surface area contributed by atoms with E-state index in [0.29, 0.717) is 11.4 Å². The Labute approximate surface area is 95.6 Å². The first-order valence-electron chi connectivity index (χ1n) is 4.49. The van der Waals surface area contributed by atoms with Crippen LogP contribution in [0.2, 0.25) is 0 Å². The van der Waals surface area contributed by atoms with E-state index in [1.165, 1.54) is 6.21 Å². The smallest absolute Gasteiger partial charge is 0.238 e. The quantitative estimate of drug-likeness (QED) is 0.344. The van der Waals surface area contributed by atoms with E-state index >= 15 is 0 Å². The molecule has 1 aromatic heterocycles. The summed E-state index contributed by atoms with van der Waals surface area (Å²) in [4.78, 5) is 4.96. The summed E-state index contributed by atoms with van der Waals surface area (Å²) in [6.07, 6.45) is 1.44. The lowest BCUT2D eigenvalue weighted by Crippen LogP contribution is -2.34. The third-order valence-corrected chi connectivity index (χ3v) is 1.62. The molecule has 0 N–H and O–H groups in total. The summed E-state index contributed by atoms with van der Waals surface area (Å²) in [6, 6.07) is 5.24. The Balaban J connectivity index is 0.00000196. The molecule has 0 aliphatic heterocycles. The largest absolute Gasteiger partial charge is 0.618 e. The van der Waals surface area contributed by atoms with E-state index in [2.05, 4.69) is 5.16 Å². The summed E-state index contributed by atoms with van der Waals surface area (Å²) in [5.41, 5.74) is 1.11. The van der Waals surface area contributed by atoms with Gasteiger partial charge in [0, 0.05) is 19.1 Å². The second-order valence-electron chi connectivity index (χ2n) is 3.28. The molecule has 0 fully saturated rings. The maximum Gasteiger partial charge on any atom is 0.238 e. The molecule has 0 saturated carbocycles. The summed E-state index contributed by atoms with van der Waals surface area (Å²) in [5.74, 6) is 0. The zero-order valence-corrected chi connectivity index (χ0v) is 9.82. The summed E-state index contributed by atoms with van der Waals surface area (Å²) >= 11 is 0. The van der Waals surface area contributed by atoms with Crippen molar-refractivity contribution in [1.82, 2.24) is 0 Å². The highest BCUT2D eigenvalue weighted by atomic mass is 35.5. The predicted molar refractivity (Wildman–Crippen MR) is 61.2 cm³/mol. The van der Waals surface area contributed by atoms with Crippen molar-refractivity contribution in [3.8, 4) is 0 Å². The predicted octanol–water partition coefficient (Wildman–Crippen LogP) is 1.81. The molecule has 0 aromatic carbocycles. The van der Waals surface area contributed by atoms with Crippen molar-refractivity contribution < 1.29 is 9.57 Å². The van der Waals surface area contributed by atoms with Gasteiger partial charge in [-0.15, -0.1) is 12.4 Å². The van der Waals surface area contributed by atoms with Crippen LogP contribution in [-0.4, -0.2) is 12.3 Å². The molecular formula is C10H15ClN2O2. The first-order valence-corrected chi connectivity index (χ1v) is 4.49. The van der Waals surface area contributed by atoms with Crippen LogP contribution >= 0.6 is 12.4 Å². The standard InChI is InChI=1S/C10H14N2O2.ClH/c1-8(2)14-11-7-10-6-4-5-9(3)12(10)13;/h4-8H,1-3H3;1H/b11-7+;. The Morgan fingerprint density at radius 3 is 2.73 bits per heavy atom. The van der Waals surface area contributed by atoms with Gasteiger partial charge in [0.15, 0.2) is 5.69 Å². The third kappa shape index (κ3) is 4.16. The van der Waals surface area contributed by atoms with Gasteiger partial charge in [0.25, 0.3) is 0 Å². The van der Waals surface area contributed by atoms with E-state index in [0.717, 1.165) is 4.73 Å². The number of aryl methyl sites for hydroxylation is 1. The van der Waals surface area contributed by atoms with Crippen LogP contribution in [0, 0.1) is 12.1 Å². The highest BCUT2D eigenvalue weighted by molar-refractivity contribution is 5.85. The highest BCUT2D eigenvalue weighted by Crippen LogP contribution is 1.94. The first-order chi connectivity index (χ1) is 6.61. The van der Waals surface area contributed by atoms with E-state index < -0.39 is 0 Å². The number of oxime groups is 1. The van der Waals surface area contributed by atoms with E-state index in [1.54, 1.807) is 25.1 Å². The number of pyridine rings is 1. The van der Waals surface area contributed by atoms with Gasteiger partial charge in [-0.2, -0.15) is 4.73 Å². The molecule has 0 bridgehead atoms. The normalized spacial score (nSPS) is 10.4. The molecule has 0 aliphatic rings.